The van der Waals surface area contributed by atoms with Crippen LogP contribution < -0.4 is 0 Å². The van der Waals surface area contributed by atoms with Crippen LogP contribution in [0.5, 0.6) is 0 Å². The predicted molar refractivity (Wildman–Crippen MR) is 66.2 cm³/mol. The van der Waals surface area contributed by atoms with Crippen LogP contribution in [-0.4, -0.2) is 33.0 Å². The molecule has 3 nitrogen and oxygen atoms in total. The molecule has 0 aromatic rings. The molecule has 1 saturated carbocycles. The molecule has 0 bridgehead atoms. The third-order valence-electron chi connectivity index (χ3n) is 4.19. The fraction of sp³-hybridized carbons (Fsp3) is 0.909. The van der Waals surface area contributed by atoms with E-state index in [2.05, 4.69) is 0 Å². The van der Waals surface area contributed by atoms with E-state index in [-0.39, 0.29) is 12.0 Å². The second kappa shape index (κ2) is 4.16. The van der Waals surface area contributed by atoms with Crippen LogP contribution in [0.4, 0.5) is 0 Å². The Morgan fingerprint density at radius 2 is 1.94 bits per heavy atom. The normalized spacial score (nSPS) is 42.2. The van der Waals surface area contributed by atoms with Crippen LogP contribution in [0.1, 0.15) is 32.1 Å². The monoisotopic (exact) mass is 297 g/mol. The van der Waals surface area contributed by atoms with Crippen molar-refractivity contribution in [2.45, 2.75) is 54.2 Å². The van der Waals surface area contributed by atoms with Crippen LogP contribution in [0.3, 0.4) is 0 Å². The van der Waals surface area contributed by atoms with Gasteiger partial charge in [0.2, 0.25) is 10.0 Å². The maximum atomic E-state index is 11.8. The Balaban J connectivity index is 1.89. The highest BCUT2D eigenvalue weighted by Gasteiger charge is 2.59. The van der Waals surface area contributed by atoms with Crippen molar-refractivity contribution in [3.8, 4) is 0 Å². The second-order valence-electron chi connectivity index (χ2n) is 5.14. The first-order chi connectivity index (χ1) is 7.98. The molecule has 2 heterocycles. The van der Waals surface area contributed by atoms with Crippen LogP contribution >= 0.6 is 34.8 Å². The third-order valence-corrected chi connectivity index (χ3v) is 4.75. The summed E-state index contributed by atoms with van der Waals surface area (Å²) in [6, 6.07) is 0.157. The fourth-order valence-electron chi connectivity index (χ4n) is 3.54. The first-order valence-corrected chi connectivity index (χ1v) is 7.16. The van der Waals surface area contributed by atoms with Gasteiger partial charge < -0.3 is 4.74 Å². The SMILES string of the molecule is O=C1O[C@@H](C(Cl)(Cl)Cl)N2[C@@H]1C[C@@H]1CCCC[C@@H]12. The standard InChI is InChI=1S/C11H14Cl3NO2/c12-11(13,14)10-15-7-4-2-1-3-6(7)5-8(15)9(16)17-10/h6-8,10H,1-5H2/t6-,7-,8+,10-/m0/s1. The van der Waals surface area contributed by atoms with E-state index in [1.165, 1.54) is 19.3 Å². The van der Waals surface area contributed by atoms with Gasteiger partial charge in [-0.2, -0.15) is 0 Å². The molecule has 0 aromatic carbocycles. The summed E-state index contributed by atoms with van der Waals surface area (Å²) in [4.78, 5) is 13.8. The molecular weight excluding hydrogens is 284 g/mol. The van der Waals surface area contributed by atoms with Gasteiger partial charge in [-0.3, -0.25) is 4.79 Å². The fourth-order valence-corrected chi connectivity index (χ4v) is 4.01. The number of hydrogen-bond acceptors (Lipinski definition) is 3. The van der Waals surface area contributed by atoms with Crippen LogP contribution in [-0.2, 0) is 9.53 Å². The van der Waals surface area contributed by atoms with E-state index >= 15 is 0 Å². The lowest BCUT2D eigenvalue weighted by atomic mass is 9.84. The number of rotatable bonds is 0. The average molecular weight is 299 g/mol. The number of ether oxygens (including phenoxy) is 1. The van der Waals surface area contributed by atoms with E-state index in [0.717, 1.165) is 12.8 Å². The lowest BCUT2D eigenvalue weighted by Crippen LogP contribution is -2.47. The molecule has 0 N–H and O–H groups in total. The Labute approximate surface area is 115 Å². The van der Waals surface area contributed by atoms with Gasteiger partial charge in [-0.15, -0.1) is 0 Å². The van der Waals surface area contributed by atoms with Crippen molar-refractivity contribution in [1.82, 2.24) is 4.90 Å². The lowest BCUT2D eigenvalue weighted by Gasteiger charge is -2.35. The third kappa shape index (κ3) is 1.95. The van der Waals surface area contributed by atoms with Gasteiger partial charge in [0.05, 0.1) is 0 Å². The largest absolute Gasteiger partial charge is 0.440 e. The van der Waals surface area contributed by atoms with Crippen molar-refractivity contribution in [3.63, 3.8) is 0 Å². The Kier molecular flexibility index (Phi) is 3.02. The number of halogens is 3. The van der Waals surface area contributed by atoms with Crippen LogP contribution in [0.25, 0.3) is 0 Å². The van der Waals surface area contributed by atoms with E-state index in [1.807, 2.05) is 4.90 Å². The molecule has 4 atom stereocenters. The van der Waals surface area contributed by atoms with Crippen molar-refractivity contribution in [1.29, 1.82) is 0 Å². The van der Waals surface area contributed by atoms with E-state index in [9.17, 15) is 4.79 Å². The predicted octanol–water partition coefficient (Wildman–Crippen LogP) is 2.87. The number of alkyl halides is 3. The molecule has 3 aliphatic rings. The molecule has 2 aliphatic heterocycles. The number of carbonyl (C=O) groups is 1. The summed E-state index contributed by atoms with van der Waals surface area (Å²) < 4.78 is 3.67. The maximum absolute atomic E-state index is 11.8. The van der Waals surface area contributed by atoms with Gasteiger partial charge in [-0.25, -0.2) is 4.90 Å². The van der Waals surface area contributed by atoms with Gasteiger partial charge in [0.25, 0.3) is 0 Å². The summed E-state index contributed by atoms with van der Waals surface area (Å²) in [6.45, 7) is 0. The Morgan fingerprint density at radius 3 is 2.65 bits per heavy atom. The number of esters is 1. The van der Waals surface area contributed by atoms with Crippen molar-refractivity contribution >= 4 is 40.8 Å². The van der Waals surface area contributed by atoms with E-state index in [0.29, 0.717) is 12.0 Å². The van der Waals surface area contributed by atoms with Crippen molar-refractivity contribution in [2.75, 3.05) is 0 Å². The van der Waals surface area contributed by atoms with E-state index in [4.69, 9.17) is 39.5 Å². The first-order valence-electron chi connectivity index (χ1n) is 6.03. The lowest BCUT2D eigenvalue weighted by molar-refractivity contribution is -0.143. The highest BCUT2D eigenvalue weighted by molar-refractivity contribution is 6.68. The summed E-state index contributed by atoms with van der Waals surface area (Å²) in [5, 5.41) is 0. The Hall–Kier alpha value is 0.300. The van der Waals surface area contributed by atoms with Gasteiger partial charge in [-0.1, -0.05) is 47.6 Å². The smallest absolute Gasteiger partial charge is 0.325 e. The summed E-state index contributed by atoms with van der Waals surface area (Å²) in [5.41, 5.74) is 0. The Bertz CT molecular complexity index is 344. The molecule has 6 heteroatoms. The molecule has 17 heavy (non-hydrogen) atoms. The maximum Gasteiger partial charge on any atom is 0.325 e. The second-order valence-corrected chi connectivity index (χ2v) is 7.51. The minimum atomic E-state index is -1.56. The number of fused-ring (bicyclic) bond motifs is 3. The van der Waals surface area contributed by atoms with Gasteiger partial charge in [0, 0.05) is 6.04 Å². The summed E-state index contributed by atoms with van der Waals surface area (Å²) in [6.07, 6.45) is 4.84. The molecule has 0 radical (unpaired) electrons. The molecule has 96 valence electrons. The van der Waals surface area contributed by atoms with Crippen LogP contribution in [0, 0.1) is 5.92 Å². The van der Waals surface area contributed by atoms with Crippen molar-refractivity contribution < 1.29 is 9.53 Å². The zero-order valence-corrected chi connectivity index (χ0v) is 11.5. The molecule has 2 saturated heterocycles. The minimum absolute atomic E-state index is 0.191. The van der Waals surface area contributed by atoms with Crippen molar-refractivity contribution in [3.05, 3.63) is 0 Å². The molecule has 3 fully saturated rings. The van der Waals surface area contributed by atoms with Crippen LogP contribution in [0.15, 0.2) is 0 Å². The Morgan fingerprint density at radius 1 is 1.24 bits per heavy atom. The highest BCUT2D eigenvalue weighted by atomic mass is 35.6. The number of hydrogen-bond donors (Lipinski definition) is 0. The molecule has 0 amide bonds. The minimum Gasteiger partial charge on any atom is -0.440 e. The number of nitrogens with zero attached hydrogens (tertiary/aromatic N) is 1. The molecule has 0 unspecified atom stereocenters. The quantitative estimate of drug-likeness (QED) is 0.509. The van der Waals surface area contributed by atoms with Gasteiger partial charge in [0.1, 0.15) is 6.04 Å². The number of carbonyl (C=O) groups excluding carboxylic acids is 1. The number of cyclic esters (lactones) is 1. The van der Waals surface area contributed by atoms with E-state index < -0.39 is 10.0 Å². The first kappa shape index (κ1) is 12.3. The molecule has 0 aromatic heterocycles. The summed E-state index contributed by atoms with van der Waals surface area (Å²) in [7, 11) is 0. The molecule has 1 aliphatic carbocycles. The highest BCUT2D eigenvalue weighted by Crippen LogP contribution is 2.49. The van der Waals surface area contributed by atoms with E-state index in [1.54, 1.807) is 0 Å². The zero-order valence-electron chi connectivity index (χ0n) is 9.24. The van der Waals surface area contributed by atoms with Crippen LogP contribution in [0.2, 0.25) is 0 Å². The molecular formula is C11H14Cl3NO2. The zero-order chi connectivity index (χ0) is 12.2. The van der Waals surface area contributed by atoms with Gasteiger partial charge in [-0.05, 0) is 25.2 Å². The van der Waals surface area contributed by atoms with Gasteiger partial charge in [0.15, 0.2) is 0 Å². The molecule has 3 rings (SSSR count). The molecule has 0 spiro atoms. The average Bonchev–Trinajstić information content (AvgIpc) is 2.76. The summed E-state index contributed by atoms with van der Waals surface area (Å²) in [5.74, 6) is 0.340. The summed E-state index contributed by atoms with van der Waals surface area (Å²) >= 11 is 17.7. The van der Waals surface area contributed by atoms with Crippen molar-refractivity contribution in [2.24, 2.45) is 5.92 Å². The van der Waals surface area contributed by atoms with Gasteiger partial charge >= 0.3 is 5.97 Å². The topological polar surface area (TPSA) is 29.5 Å².